The molecule has 0 saturated carbocycles. The zero-order chi connectivity index (χ0) is 12.7. The first kappa shape index (κ1) is 13.4. The maximum absolute atomic E-state index is 11.9. The SMILES string of the molecule is CNCCN(C)C(=O)C(C)Oc1cccnc1. The van der Waals surface area contributed by atoms with Crippen molar-refractivity contribution in [3.05, 3.63) is 24.5 Å². The van der Waals surface area contributed by atoms with Gasteiger partial charge in [-0.15, -0.1) is 0 Å². The second kappa shape index (κ2) is 6.85. The molecule has 0 aliphatic carbocycles. The van der Waals surface area contributed by atoms with Gasteiger partial charge in [-0.1, -0.05) is 0 Å². The van der Waals surface area contributed by atoms with Crippen molar-refractivity contribution in [3.63, 3.8) is 0 Å². The molecule has 5 heteroatoms. The number of hydrogen-bond donors (Lipinski definition) is 1. The van der Waals surface area contributed by atoms with Gasteiger partial charge in [0.05, 0.1) is 6.20 Å². The van der Waals surface area contributed by atoms with E-state index in [-0.39, 0.29) is 5.91 Å². The molecule has 0 aliphatic heterocycles. The minimum atomic E-state index is -0.499. The number of carbonyl (C=O) groups is 1. The Morgan fingerprint density at radius 2 is 2.41 bits per heavy atom. The summed E-state index contributed by atoms with van der Waals surface area (Å²) >= 11 is 0. The van der Waals surface area contributed by atoms with Gasteiger partial charge in [0.1, 0.15) is 5.75 Å². The lowest BCUT2D eigenvalue weighted by atomic mass is 10.3. The molecular formula is C12H19N3O2. The van der Waals surface area contributed by atoms with Crippen LogP contribution in [0.25, 0.3) is 0 Å². The molecule has 1 N–H and O–H groups in total. The van der Waals surface area contributed by atoms with Crippen molar-refractivity contribution in [1.82, 2.24) is 15.2 Å². The van der Waals surface area contributed by atoms with Crippen molar-refractivity contribution < 1.29 is 9.53 Å². The Hall–Kier alpha value is -1.62. The lowest BCUT2D eigenvalue weighted by molar-refractivity contribution is -0.136. The Kier molecular flexibility index (Phi) is 5.42. The number of nitrogens with zero attached hydrogens (tertiary/aromatic N) is 2. The number of likely N-dealkylation sites (N-methyl/N-ethyl adjacent to an activating group) is 2. The average Bonchev–Trinajstić information content (AvgIpc) is 2.36. The number of carbonyl (C=O) groups excluding carboxylic acids is 1. The largest absolute Gasteiger partial charge is 0.479 e. The fourth-order valence-corrected chi connectivity index (χ4v) is 1.37. The monoisotopic (exact) mass is 237 g/mol. The summed E-state index contributed by atoms with van der Waals surface area (Å²) in [5.41, 5.74) is 0. The van der Waals surface area contributed by atoms with Crippen molar-refractivity contribution in [3.8, 4) is 5.75 Å². The molecule has 1 heterocycles. The summed E-state index contributed by atoms with van der Waals surface area (Å²) in [4.78, 5) is 17.5. The minimum Gasteiger partial charge on any atom is -0.479 e. The van der Waals surface area contributed by atoms with Crippen LogP contribution < -0.4 is 10.1 Å². The average molecular weight is 237 g/mol. The zero-order valence-corrected chi connectivity index (χ0v) is 10.5. The number of nitrogens with one attached hydrogen (secondary N) is 1. The molecule has 1 aromatic rings. The zero-order valence-electron chi connectivity index (χ0n) is 10.5. The molecule has 1 atom stereocenters. The summed E-state index contributed by atoms with van der Waals surface area (Å²) in [6.07, 6.45) is 2.76. The molecule has 0 fully saturated rings. The molecule has 1 amide bonds. The number of rotatable bonds is 6. The molecule has 1 rings (SSSR count). The molecule has 1 aromatic heterocycles. The standard InChI is InChI=1S/C12H19N3O2/c1-10(12(16)15(3)8-7-13-2)17-11-5-4-6-14-9-11/h4-6,9-10,13H,7-8H2,1-3H3. The lowest BCUT2D eigenvalue weighted by Crippen LogP contribution is -2.40. The van der Waals surface area contributed by atoms with Gasteiger partial charge >= 0.3 is 0 Å². The van der Waals surface area contributed by atoms with E-state index in [1.54, 1.807) is 43.4 Å². The van der Waals surface area contributed by atoms with Gasteiger partial charge in [-0.05, 0) is 26.1 Å². The number of amides is 1. The summed E-state index contributed by atoms with van der Waals surface area (Å²) in [6, 6.07) is 3.56. The van der Waals surface area contributed by atoms with Crippen LogP contribution in [0.4, 0.5) is 0 Å². The number of aromatic nitrogens is 1. The summed E-state index contributed by atoms with van der Waals surface area (Å²) in [7, 11) is 3.62. The van der Waals surface area contributed by atoms with Crippen LogP contribution in [0.1, 0.15) is 6.92 Å². The first-order valence-corrected chi connectivity index (χ1v) is 5.61. The van der Waals surface area contributed by atoms with Crippen LogP contribution in [0.5, 0.6) is 5.75 Å². The van der Waals surface area contributed by atoms with E-state index < -0.39 is 6.10 Å². The van der Waals surface area contributed by atoms with Crippen LogP contribution in [0.15, 0.2) is 24.5 Å². The van der Waals surface area contributed by atoms with Gasteiger partial charge in [-0.2, -0.15) is 0 Å². The van der Waals surface area contributed by atoms with Crippen molar-refractivity contribution in [1.29, 1.82) is 0 Å². The molecule has 17 heavy (non-hydrogen) atoms. The molecule has 0 spiro atoms. The van der Waals surface area contributed by atoms with Gasteiger partial charge in [0.15, 0.2) is 6.10 Å². The van der Waals surface area contributed by atoms with Crippen LogP contribution in [0.3, 0.4) is 0 Å². The highest BCUT2D eigenvalue weighted by atomic mass is 16.5. The van der Waals surface area contributed by atoms with Gasteiger partial charge < -0.3 is 15.0 Å². The van der Waals surface area contributed by atoms with Gasteiger partial charge in [0, 0.05) is 26.3 Å². The number of hydrogen-bond acceptors (Lipinski definition) is 4. The van der Waals surface area contributed by atoms with Gasteiger partial charge in [-0.3, -0.25) is 9.78 Å². The molecule has 0 aromatic carbocycles. The first-order valence-electron chi connectivity index (χ1n) is 5.61. The molecule has 0 aliphatic rings. The van der Waals surface area contributed by atoms with E-state index in [0.29, 0.717) is 12.3 Å². The highest BCUT2D eigenvalue weighted by Gasteiger charge is 2.18. The number of pyridine rings is 1. The summed E-state index contributed by atoms with van der Waals surface area (Å²) in [5, 5.41) is 3.00. The highest BCUT2D eigenvalue weighted by Crippen LogP contribution is 2.09. The van der Waals surface area contributed by atoms with E-state index in [1.807, 2.05) is 7.05 Å². The van der Waals surface area contributed by atoms with Gasteiger partial charge in [0.25, 0.3) is 5.91 Å². The molecule has 0 radical (unpaired) electrons. The van der Waals surface area contributed by atoms with E-state index in [9.17, 15) is 4.79 Å². The summed E-state index contributed by atoms with van der Waals surface area (Å²) < 4.78 is 5.50. The normalized spacial score (nSPS) is 11.9. The van der Waals surface area contributed by atoms with Crippen LogP contribution in [0.2, 0.25) is 0 Å². The topological polar surface area (TPSA) is 54.5 Å². The molecule has 0 bridgehead atoms. The molecule has 0 saturated heterocycles. The van der Waals surface area contributed by atoms with Crippen LogP contribution in [-0.2, 0) is 4.79 Å². The fourth-order valence-electron chi connectivity index (χ4n) is 1.37. The van der Waals surface area contributed by atoms with Crippen molar-refractivity contribution in [2.24, 2.45) is 0 Å². The van der Waals surface area contributed by atoms with E-state index in [4.69, 9.17) is 4.74 Å². The smallest absolute Gasteiger partial charge is 0.263 e. The van der Waals surface area contributed by atoms with Crippen LogP contribution >= 0.6 is 0 Å². The Bertz CT molecular complexity index is 343. The Morgan fingerprint density at radius 3 is 3.00 bits per heavy atom. The predicted octanol–water partition coefficient (Wildman–Crippen LogP) is 0.527. The van der Waals surface area contributed by atoms with E-state index in [0.717, 1.165) is 6.54 Å². The van der Waals surface area contributed by atoms with Crippen LogP contribution in [0, 0.1) is 0 Å². The maximum atomic E-state index is 11.9. The number of ether oxygens (including phenoxy) is 1. The Labute approximate surface area is 102 Å². The molecule has 5 nitrogen and oxygen atoms in total. The van der Waals surface area contributed by atoms with Gasteiger partial charge in [0.2, 0.25) is 0 Å². The maximum Gasteiger partial charge on any atom is 0.263 e. The molecule has 94 valence electrons. The van der Waals surface area contributed by atoms with Crippen molar-refractivity contribution >= 4 is 5.91 Å². The van der Waals surface area contributed by atoms with Crippen LogP contribution in [-0.4, -0.2) is 49.1 Å². The fraction of sp³-hybridized carbons (Fsp3) is 0.500. The third-order valence-electron chi connectivity index (χ3n) is 2.37. The highest BCUT2D eigenvalue weighted by molar-refractivity contribution is 5.80. The van der Waals surface area contributed by atoms with E-state index >= 15 is 0 Å². The second-order valence-electron chi connectivity index (χ2n) is 3.81. The third kappa shape index (κ3) is 4.40. The minimum absolute atomic E-state index is 0.0379. The second-order valence-corrected chi connectivity index (χ2v) is 3.81. The van der Waals surface area contributed by atoms with Crippen molar-refractivity contribution in [2.45, 2.75) is 13.0 Å². The van der Waals surface area contributed by atoms with Crippen molar-refractivity contribution in [2.75, 3.05) is 27.2 Å². The summed E-state index contributed by atoms with van der Waals surface area (Å²) in [5.74, 6) is 0.569. The first-order chi connectivity index (χ1) is 8.15. The summed E-state index contributed by atoms with van der Waals surface area (Å²) in [6.45, 7) is 3.17. The molecular weight excluding hydrogens is 218 g/mol. The Morgan fingerprint density at radius 1 is 1.65 bits per heavy atom. The third-order valence-corrected chi connectivity index (χ3v) is 2.37. The molecule has 1 unspecified atom stereocenters. The van der Waals surface area contributed by atoms with E-state index in [2.05, 4.69) is 10.3 Å². The van der Waals surface area contributed by atoms with Gasteiger partial charge in [-0.25, -0.2) is 0 Å². The predicted molar refractivity (Wildman–Crippen MR) is 65.9 cm³/mol. The lowest BCUT2D eigenvalue weighted by Gasteiger charge is -2.21. The Balaban J connectivity index is 2.47. The quantitative estimate of drug-likeness (QED) is 0.784. The van der Waals surface area contributed by atoms with E-state index in [1.165, 1.54) is 0 Å².